The van der Waals surface area contributed by atoms with E-state index in [1.807, 2.05) is 18.5 Å². The predicted molar refractivity (Wildman–Crippen MR) is 80.6 cm³/mol. The average Bonchev–Trinajstić information content (AvgIpc) is 2.94. The summed E-state index contributed by atoms with van der Waals surface area (Å²) in [7, 11) is 0. The molecule has 0 radical (unpaired) electrons. The first-order valence-corrected chi connectivity index (χ1v) is 8.15. The van der Waals surface area contributed by atoms with Crippen LogP contribution in [0, 0.1) is 6.92 Å². The van der Waals surface area contributed by atoms with Crippen molar-refractivity contribution < 1.29 is 9.90 Å². The van der Waals surface area contributed by atoms with Gasteiger partial charge in [0.15, 0.2) is 5.16 Å². The molecule has 20 heavy (non-hydrogen) atoms. The number of hydrogen-bond donors (Lipinski definition) is 1. The van der Waals surface area contributed by atoms with Gasteiger partial charge in [0, 0.05) is 23.0 Å². The molecule has 0 saturated heterocycles. The Morgan fingerprint density at radius 1 is 1.55 bits per heavy atom. The number of rotatable bonds is 6. The van der Waals surface area contributed by atoms with Crippen LogP contribution < -0.4 is 0 Å². The van der Waals surface area contributed by atoms with Crippen molar-refractivity contribution in [3.05, 3.63) is 28.0 Å². The van der Waals surface area contributed by atoms with Crippen molar-refractivity contribution in [1.82, 2.24) is 14.5 Å². The normalized spacial score (nSPS) is 11.2. The zero-order chi connectivity index (χ0) is 14.7. The Morgan fingerprint density at radius 2 is 2.30 bits per heavy atom. The topological polar surface area (TPSA) is 68.0 Å². The Hall–Kier alpha value is -1.34. The van der Waals surface area contributed by atoms with Crippen molar-refractivity contribution in [2.24, 2.45) is 0 Å². The number of imidazole rings is 1. The van der Waals surface area contributed by atoms with Crippen molar-refractivity contribution in [3.63, 3.8) is 0 Å². The number of nitrogens with zero attached hydrogens (tertiary/aromatic N) is 3. The number of carbonyl (C=O) groups is 1. The van der Waals surface area contributed by atoms with E-state index in [-0.39, 0.29) is 5.75 Å². The zero-order valence-corrected chi connectivity index (χ0v) is 13.3. The first-order valence-electron chi connectivity index (χ1n) is 6.28. The van der Waals surface area contributed by atoms with Gasteiger partial charge in [0.25, 0.3) is 0 Å². The smallest absolute Gasteiger partial charge is 0.313 e. The van der Waals surface area contributed by atoms with E-state index in [9.17, 15) is 4.79 Å². The minimum Gasteiger partial charge on any atom is -0.481 e. The van der Waals surface area contributed by atoms with E-state index in [2.05, 4.69) is 28.4 Å². The minimum atomic E-state index is -0.833. The summed E-state index contributed by atoms with van der Waals surface area (Å²) >= 11 is 2.86. The molecule has 0 aliphatic heterocycles. The van der Waals surface area contributed by atoms with Crippen LogP contribution in [0.4, 0.5) is 0 Å². The van der Waals surface area contributed by atoms with Crippen LogP contribution in [0.1, 0.15) is 36.2 Å². The van der Waals surface area contributed by atoms with Crippen molar-refractivity contribution >= 4 is 29.1 Å². The van der Waals surface area contributed by atoms with E-state index in [1.165, 1.54) is 11.8 Å². The molecule has 0 bridgehead atoms. The summed E-state index contributed by atoms with van der Waals surface area (Å²) in [5, 5.41) is 12.6. The number of carboxylic acid groups (broad SMARTS) is 1. The SMILES string of the molecule is Cc1csc(Cn2c(C(C)C)cnc2SCC(=O)O)n1. The molecule has 0 spiro atoms. The second-order valence-corrected chi connectivity index (χ2v) is 6.66. The van der Waals surface area contributed by atoms with Gasteiger partial charge >= 0.3 is 5.97 Å². The standard InChI is InChI=1S/C13H17N3O2S2/c1-8(2)10-4-14-13(20-7-12(17)18)16(10)5-11-15-9(3)6-19-11/h4,6,8H,5,7H2,1-3H3,(H,17,18). The van der Waals surface area contributed by atoms with E-state index < -0.39 is 5.97 Å². The molecule has 2 rings (SSSR count). The van der Waals surface area contributed by atoms with Crippen molar-refractivity contribution in [3.8, 4) is 0 Å². The van der Waals surface area contributed by atoms with Gasteiger partial charge in [-0.15, -0.1) is 11.3 Å². The Morgan fingerprint density at radius 3 is 2.85 bits per heavy atom. The second-order valence-electron chi connectivity index (χ2n) is 4.77. The summed E-state index contributed by atoms with van der Waals surface area (Å²) in [5.41, 5.74) is 2.11. The fourth-order valence-corrected chi connectivity index (χ4v) is 3.31. The van der Waals surface area contributed by atoms with Gasteiger partial charge in [0.2, 0.25) is 0 Å². The molecule has 2 aromatic heterocycles. The van der Waals surface area contributed by atoms with Gasteiger partial charge in [-0.25, -0.2) is 9.97 Å². The Balaban J connectivity index is 2.26. The van der Waals surface area contributed by atoms with E-state index in [0.29, 0.717) is 12.5 Å². The molecule has 0 atom stereocenters. The third kappa shape index (κ3) is 3.61. The van der Waals surface area contributed by atoms with E-state index in [0.717, 1.165) is 21.6 Å². The van der Waals surface area contributed by atoms with Crippen molar-refractivity contribution in [2.45, 2.75) is 38.4 Å². The Bertz CT molecular complexity index is 605. The average molecular weight is 311 g/mol. The highest BCUT2D eigenvalue weighted by Gasteiger charge is 2.15. The number of thioether (sulfide) groups is 1. The van der Waals surface area contributed by atoms with Crippen LogP contribution in [0.25, 0.3) is 0 Å². The molecule has 2 heterocycles. The number of aromatic nitrogens is 3. The molecule has 0 aliphatic carbocycles. The summed E-state index contributed by atoms with van der Waals surface area (Å²) < 4.78 is 2.07. The summed E-state index contributed by atoms with van der Waals surface area (Å²) in [6.45, 7) is 6.82. The Kier molecular flexibility index (Phi) is 4.82. The van der Waals surface area contributed by atoms with Gasteiger partial charge in [-0.05, 0) is 12.8 Å². The molecule has 0 fully saturated rings. The maximum Gasteiger partial charge on any atom is 0.313 e. The largest absolute Gasteiger partial charge is 0.481 e. The van der Waals surface area contributed by atoms with Gasteiger partial charge in [0.1, 0.15) is 5.01 Å². The third-order valence-electron chi connectivity index (χ3n) is 2.73. The van der Waals surface area contributed by atoms with Crippen LogP contribution in [-0.4, -0.2) is 31.4 Å². The molecule has 1 N–H and O–H groups in total. The Labute approximate surface area is 126 Å². The quantitative estimate of drug-likeness (QED) is 0.831. The van der Waals surface area contributed by atoms with Crippen LogP contribution >= 0.6 is 23.1 Å². The molecule has 0 amide bonds. The number of carboxylic acids is 1. The lowest BCUT2D eigenvalue weighted by atomic mass is 10.1. The van der Waals surface area contributed by atoms with Gasteiger partial charge < -0.3 is 9.67 Å². The van der Waals surface area contributed by atoms with Crippen LogP contribution in [0.2, 0.25) is 0 Å². The van der Waals surface area contributed by atoms with E-state index >= 15 is 0 Å². The maximum atomic E-state index is 10.7. The van der Waals surface area contributed by atoms with Crippen LogP contribution in [0.3, 0.4) is 0 Å². The summed E-state index contributed by atoms with van der Waals surface area (Å²) in [5.74, 6) is -0.477. The lowest BCUT2D eigenvalue weighted by Gasteiger charge is -2.12. The highest BCUT2D eigenvalue weighted by Crippen LogP contribution is 2.25. The number of aryl methyl sites for hydroxylation is 1. The molecular formula is C13H17N3O2S2. The van der Waals surface area contributed by atoms with E-state index in [1.54, 1.807) is 11.3 Å². The molecule has 0 aliphatic rings. The molecule has 7 heteroatoms. The maximum absolute atomic E-state index is 10.7. The van der Waals surface area contributed by atoms with E-state index in [4.69, 9.17) is 5.11 Å². The summed E-state index contributed by atoms with van der Waals surface area (Å²) in [6, 6.07) is 0. The fraction of sp³-hybridized carbons (Fsp3) is 0.462. The van der Waals surface area contributed by atoms with Gasteiger partial charge in [-0.2, -0.15) is 0 Å². The van der Waals surface area contributed by atoms with Crippen molar-refractivity contribution in [1.29, 1.82) is 0 Å². The zero-order valence-electron chi connectivity index (χ0n) is 11.7. The lowest BCUT2D eigenvalue weighted by Crippen LogP contribution is -2.08. The second kappa shape index (κ2) is 6.41. The third-order valence-corrected chi connectivity index (χ3v) is 4.65. The summed E-state index contributed by atoms with van der Waals surface area (Å²) in [4.78, 5) is 19.5. The lowest BCUT2D eigenvalue weighted by molar-refractivity contribution is -0.133. The predicted octanol–water partition coefficient (Wildman–Crippen LogP) is 3.00. The fourth-order valence-electron chi connectivity index (χ4n) is 1.84. The van der Waals surface area contributed by atoms with Crippen LogP contribution in [-0.2, 0) is 11.3 Å². The minimum absolute atomic E-state index is 0.0193. The molecule has 2 aromatic rings. The first kappa shape index (κ1) is 15.1. The molecule has 0 saturated carbocycles. The highest BCUT2D eigenvalue weighted by molar-refractivity contribution is 7.99. The number of aliphatic carboxylic acids is 1. The number of hydrogen-bond acceptors (Lipinski definition) is 5. The van der Waals surface area contributed by atoms with Gasteiger partial charge in [0.05, 0.1) is 12.3 Å². The monoisotopic (exact) mass is 311 g/mol. The molecular weight excluding hydrogens is 294 g/mol. The van der Waals surface area contributed by atoms with Crippen LogP contribution in [0.5, 0.6) is 0 Å². The van der Waals surface area contributed by atoms with Crippen molar-refractivity contribution in [2.75, 3.05) is 5.75 Å². The molecule has 0 unspecified atom stereocenters. The molecule has 0 aromatic carbocycles. The summed E-state index contributed by atoms with van der Waals surface area (Å²) in [6.07, 6.45) is 1.83. The number of thiazole rings is 1. The molecule has 108 valence electrons. The molecule has 5 nitrogen and oxygen atoms in total. The van der Waals surface area contributed by atoms with Gasteiger partial charge in [-0.1, -0.05) is 25.6 Å². The van der Waals surface area contributed by atoms with Gasteiger partial charge in [-0.3, -0.25) is 4.79 Å². The highest BCUT2D eigenvalue weighted by atomic mass is 32.2. The van der Waals surface area contributed by atoms with Crippen LogP contribution in [0.15, 0.2) is 16.7 Å². The first-order chi connectivity index (χ1) is 9.47.